The van der Waals surface area contributed by atoms with Gasteiger partial charge in [-0.3, -0.25) is 9.20 Å². The molecule has 0 bridgehead atoms. The van der Waals surface area contributed by atoms with E-state index in [2.05, 4.69) is 23.2 Å². The largest absolute Gasteiger partial charge is 0.462 e. The maximum absolute atomic E-state index is 12.0. The number of carbonyl (C=O) groups is 1. The number of nitrogens with zero attached hydrogens (tertiary/aromatic N) is 3. The van der Waals surface area contributed by atoms with Crippen LogP contribution < -0.4 is 0 Å². The Bertz CT molecular complexity index is 873. The van der Waals surface area contributed by atoms with Crippen molar-refractivity contribution in [3.8, 4) is 0 Å². The van der Waals surface area contributed by atoms with Crippen LogP contribution in [0.25, 0.3) is 16.6 Å². The van der Waals surface area contributed by atoms with Gasteiger partial charge in [0.1, 0.15) is 5.25 Å². The van der Waals surface area contributed by atoms with Crippen molar-refractivity contribution >= 4 is 34.3 Å². The molecule has 120 valence electrons. The van der Waals surface area contributed by atoms with Gasteiger partial charge in [-0.2, -0.15) is 0 Å². The van der Waals surface area contributed by atoms with Crippen LogP contribution in [0.1, 0.15) is 26.3 Å². The molecule has 23 heavy (non-hydrogen) atoms. The van der Waals surface area contributed by atoms with E-state index in [4.69, 9.17) is 4.74 Å². The Morgan fingerprint density at radius 2 is 1.96 bits per heavy atom. The Kier molecular flexibility index (Phi) is 4.26. The van der Waals surface area contributed by atoms with Crippen LogP contribution in [-0.4, -0.2) is 31.9 Å². The summed E-state index contributed by atoms with van der Waals surface area (Å²) in [6, 6.07) is 10.1. The van der Waals surface area contributed by atoms with Crippen molar-refractivity contribution in [3.05, 3.63) is 35.9 Å². The minimum absolute atomic E-state index is 0.121. The van der Waals surface area contributed by atoms with Gasteiger partial charge in [0.2, 0.25) is 0 Å². The highest BCUT2D eigenvalue weighted by Gasteiger charge is 2.21. The van der Waals surface area contributed by atoms with Crippen LogP contribution in [0.3, 0.4) is 0 Å². The summed E-state index contributed by atoms with van der Waals surface area (Å²) in [7, 11) is 0. The van der Waals surface area contributed by atoms with E-state index in [1.165, 1.54) is 11.8 Å². The maximum Gasteiger partial charge on any atom is 0.319 e. The van der Waals surface area contributed by atoms with E-state index in [1.807, 2.05) is 49.4 Å². The number of esters is 1. The average Bonchev–Trinajstić information content (AvgIpc) is 2.89. The fraction of sp³-hybridized carbons (Fsp3) is 0.353. The molecule has 0 fully saturated rings. The van der Waals surface area contributed by atoms with Gasteiger partial charge in [-0.25, -0.2) is 0 Å². The first-order chi connectivity index (χ1) is 11.0. The van der Waals surface area contributed by atoms with Crippen LogP contribution in [0.4, 0.5) is 0 Å². The molecule has 0 radical (unpaired) electrons. The summed E-state index contributed by atoms with van der Waals surface area (Å²) >= 11 is 1.37. The zero-order chi connectivity index (χ0) is 16.6. The number of hydrogen-bond acceptors (Lipinski definition) is 5. The number of fused-ring (bicyclic) bond motifs is 3. The van der Waals surface area contributed by atoms with E-state index in [9.17, 15) is 4.79 Å². The Morgan fingerprint density at radius 3 is 2.70 bits per heavy atom. The molecule has 0 saturated carbocycles. The third-order valence-corrected chi connectivity index (χ3v) is 4.56. The second-order valence-corrected chi connectivity index (χ2v) is 7.07. The summed E-state index contributed by atoms with van der Waals surface area (Å²) in [5, 5.41) is 10.0. The maximum atomic E-state index is 12.0. The predicted octanol–water partition coefficient (Wildman–Crippen LogP) is 3.62. The quantitative estimate of drug-likeness (QED) is 0.540. The van der Waals surface area contributed by atoms with E-state index in [-0.39, 0.29) is 17.3 Å². The average molecular weight is 329 g/mol. The molecule has 0 amide bonds. The van der Waals surface area contributed by atoms with Crippen LogP contribution in [0.15, 0.2) is 35.5 Å². The molecule has 0 spiro atoms. The van der Waals surface area contributed by atoms with Crippen molar-refractivity contribution in [3.63, 3.8) is 0 Å². The van der Waals surface area contributed by atoms with Gasteiger partial charge in [-0.05, 0) is 45.4 Å². The molecule has 2 heterocycles. The normalized spacial score (nSPS) is 12.9. The summed E-state index contributed by atoms with van der Waals surface area (Å²) < 4.78 is 7.25. The molecule has 1 atom stereocenters. The number of carbonyl (C=O) groups excluding carboxylic acids is 1. The molecular weight excluding hydrogens is 310 g/mol. The summed E-state index contributed by atoms with van der Waals surface area (Å²) in [5.41, 5.74) is 2.98. The second-order valence-electron chi connectivity index (χ2n) is 5.77. The first kappa shape index (κ1) is 15.8. The second kappa shape index (κ2) is 6.20. The summed E-state index contributed by atoms with van der Waals surface area (Å²) in [6.07, 6.45) is -0.121. The Morgan fingerprint density at radius 1 is 1.22 bits per heavy atom. The van der Waals surface area contributed by atoms with Crippen LogP contribution in [0.5, 0.6) is 0 Å². The lowest BCUT2D eigenvalue weighted by Gasteiger charge is -2.13. The number of aryl methyl sites for hydroxylation is 1. The number of hydrogen-bond donors (Lipinski definition) is 0. The van der Waals surface area contributed by atoms with E-state index in [1.54, 1.807) is 0 Å². The van der Waals surface area contributed by atoms with Gasteiger partial charge in [-0.15, -0.1) is 10.2 Å². The molecule has 0 saturated heterocycles. The van der Waals surface area contributed by atoms with Gasteiger partial charge in [0, 0.05) is 5.39 Å². The lowest BCUT2D eigenvalue weighted by atomic mass is 10.1. The molecule has 0 aliphatic heterocycles. The van der Waals surface area contributed by atoms with E-state index in [0.29, 0.717) is 5.16 Å². The number of ether oxygens (including phenoxy) is 1. The molecule has 2 aromatic heterocycles. The van der Waals surface area contributed by atoms with Crippen molar-refractivity contribution in [2.45, 2.75) is 44.2 Å². The first-order valence-corrected chi connectivity index (χ1v) is 8.46. The zero-order valence-corrected chi connectivity index (χ0v) is 14.4. The molecule has 6 heteroatoms. The molecule has 0 unspecified atom stereocenters. The molecular formula is C17H19N3O2S. The standard InChI is InChI=1S/C17H19N3O2S/c1-10(2)22-16(21)12(4)23-17-19-18-15-9-11(3)13-7-5-6-8-14(13)20(15)17/h5-10,12H,1-4H3/t12-/m1/s1. The van der Waals surface area contributed by atoms with Crippen molar-refractivity contribution in [1.82, 2.24) is 14.6 Å². The number of para-hydroxylation sites is 1. The number of benzene rings is 1. The van der Waals surface area contributed by atoms with Crippen molar-refractivity contribution in [1.29, 1.82) is 0 Å². The number of rotatable bonds is 4. The van der Waals surface area contributed by atoms with Crippen molar-refractivity contribution < 1.29 is 9.53 Å². The van der Waals surface area contributed by atoms with Crippen LogP contribution in [0.2, 0.25) is 0 Å². The highest BCUT2D eigenvalue weighted by Crippen LogP contribution is 2.28. The van der Waals surface area contributed by atoms with Gasteiger partial charge < -0.3 is 4.74 Å². The van der Waals surface area contributed by atoms with Gasteiger partial charge in [0.15, 0.2) is 10.8 Å². The van der Waals surface area contributed by atoms with Gasteiger partial charge >= 0.3 is 5.97 Å². The SMILES string of the molecule is Cc1cc2nnc(S[C@H](C)C(=O)OC(C)C)n2c2ccccc12. The lowest BCUT2D eigenvalue weighted by molar-refractivity contribution is -0.146. The minimum atomic E-state index is -0.343. The van der Waals surface area contributed by atoms with Crippen molar-refractivity contribution in [2.75, 3.05) is 0 Å². The zero-order valence-electron chi connectivity index (χ0n) is 13.6. The van der Waals surface area contributed by atoms with Crippen molar-refractivity contribution in [2.24, 2.45) is 0 Å². The Labute approximate surface area is 139 Å². The number of pyridine rings is 1. The van der Waals surface area contributed by atoms with E-state index >= 15 is 0 Å². The lowest BCUT2D eigenvalue weighted by Crippen LogP contribution is -2.21. The number of thioether (sulfide) groups is 1. The molecule has 0 N–H and O–H groups in total. The fourth-order valence-corrected chi connectivity index (χ4v) is 3.34. The van der Waals surface area contributed by atoms with E-state index < -0.39 is 0 Å². The highest BCUT2D eigenvalue weighted by molar-refractivity contribution is 8.00. The Balaban J connectivity index is 2.02. The topological polar surface area (TPSA) is 56.5 Å². The Hall–Kier alpha value is -2.08. The highest BCUT2D eigenvalue weighted by atomic mass is 32.2. The van der Waals surface area contributed by atoms with Gasteiger partial charge in [-0.1, -0.05) is 30.0 Å². The molecule has 3 rings (SSSR count). The summed E-state index contributed by atoms with van der Waals surface area (Å²) in [5.74, 6) is -0.238. The van der Waals surface area contributed by atoms with E-state index in [0.717, 1.165) is 22.1 Å². The number of aromatic nitrogens is 3. The minimum Gasteiger partial charge on any atom is -0.462 e. The first-order valence-electron chi connectivity index (χ1n) is 7.58. The van der Waals surface area contributed by atoms with Crippen LogP contribution in [0, 0.1) is 6.92 Å². The molecule has 0 aliphatic carbocycles. The fourth-order valence-electron chi connectivity index (χ4n) is 2.49. The third kappa shape index (κ3) is 3.03. The molecule has 0 aliphatic rings. The van der Waals surface area contributed by atoms with Gasteiger partial charge in [0.25, 0.3) is 0 Å². The summed E-state index contributed by atoms with van der Waals surface area (Å²) in [6.45, 7) is 7.58. The molecule has 1 aromatic carbocycles. The van der Waals surface area contributed by atoms with Crippen LogP contribution in [-0.2, 0) is 9.53 Å². The predicted molar refractivity (Wildman–Crippen MR) is 91.8 cm³/mol. The third-order valence-electron chi connectivity index (χ3n) is 3.54. The molecule has 3 aromatic rings. The summed E-state index contributed by atoms with van der Waals surface area (Å²) in [4.78, 5) is 12.0. The van der Waals surface area contributed by atoms with Crippen LogP contribution >= 0.6 is 11.8 Å². The monoisotopic (exact) mass is 329 g/mol. The smallest absolute Gasteiger partial charge is 0.319 e. The molecule has 5 nitrogen and oxygen atoms in total. The van der Waals surface area contributed by atoms with Gasteiger partial charge in [0.05, 0.1) is 11.6 Å².